The lowest BCUT2D eigenvalue weighted by molar-refractivity contribution is 0.253. The zero-order valence-electron chi connectivity index (χ0n) is 20.5. The number of nitrogens with zero attached hydrogens (tertiary/aromatic N) is 2. The third kappa shape index (κ3) is 6.54. The summed E-state index contributed by atoms with van der Waals surface area (Å²) in [7, 11) is 0. The minimum absolute atomic E-state index is 0.0111. The summed E-state index contributed by atoms with van der Waals surface area (Å²) in [5, 5.41) is 14.1. The predicted molar refractivity (Wildman–Crippen MR) is 134 cm³/mol. The van der Waals surface area contributed by atoms with E-state index in [-0.39, 0.29) is 16.9 Å². The highest BCUT2D eigenvalue weighted by atomic mass is 16.4. The molecule has 0 fully saturated rings. The number of benzene rings is 2. The monoisotopic (exact) mass is 446 g/mol. The van der Waals surface area contributed by atoms with E-state index >= 15 is 0 Å². The van der Waals surface area contributed by atoms with Gasteiger partial charge in [-0.15, -0.1) is 16.8 Å². The van der Waals surface area contributed by atoms with Gasteiger partial charge in [-0.1, -0.05) is 65.8 Å². The van der Waals surface area contributed by atoms with Crippen molar-refractivity contribution >= 4 is 11.7 Å². The van der Waals surface area contributed by atoms with E-state index in [4.69, 9.17) is 4.42 Å². The van der Waals surface area contributed by atoms with Crippen LogP contribution in [0.5, 0.6) is 0 Å². The van der Waals surface area contributed by atoms with Gasteiger partial charge in [0.1, 0.15) is 0 Å². The van der Waals surface area contributed by atoms with Crippen LogP contribution in [0.3, 0.4) is 0 Å². The number of carbonyl (C=O) groups excluding carboxylic acids is 1. The van der Waals surface area contributed by atoms with Gasteiger partial charge in [-0.05, 0) is 51.8 Å². The number of nitrogens with one attached hydrogen (secondary N) is 2. The van der Waals surface area contributed by atoms with Gasteiger partial charge < -0.3 is 15.1 Å². The minimum Gasteiger partial charge on any atom is -0.420 e. The number of anilines is 1. The third-order valence-electron chi connectivity index (χ3n) is 5.35. The van der Waals surface area contributed by atoms with Crippen molar-refractivity contribution in [3.05, 3.63) is 77.7 Å². The molecule has 1 heterocycles. The van der Waals surface area contributed by atoms with Gasteiger partial charge >= 0.3 is 6.03 Å². The molecular formula is C27H34N4O2. The molecule has 0 saturated carbocycles. The lowest BCUT2D eigenvalue weighted by atomic mass is 9.79. The first-order valence-corrected chi connectivity index (χ1v) is 11.2. The van der Waals surface area contributed by atoms with E-state index < -0.39 is 0 Å². The average Bonchev–Trinajstić information content (AvgIpc) is 3.20. The molecule has 0 spiro atoms. The van der Waals surface area contributed by atoms with Crippen LogP contribution in [0.4, 0.5) is 10.5 Å². The molecule has 0 aliphatic rings. The van der Waals surface area contributed by atoms with Crippen molar-refractivity contribution in [1.29, 1.82) is 0 Å². The second kappa shape index (κ2) is 9.61. The molecule has 0 aliphatic carbocycles. The van der Waals surface area contributed by atoms with Gasteiger partial charge in [-0.3, -0.25) is 0 Å². The molecule has 6 heteroatoms. The van der Waals surface area contributed by atoms with Crippen LogP contribution >= 0.6 is 0 Å². The summed E-state index contributed by atoms with van der Waals surface area (Å²) in [6, 6.07) is 13.9. The van der Waals surface area contributed by atoms with E-state index in [0.29, 0.717) is 30.4 Å². The van der Waals surface area contributed by atoms with E-state index in [1.54, 1.807) is 6.08 Å². The normalized spacial score (nSPS) is 11.8. The molecule has 1 aromatic heterocycles. The number of hydrogen-bond acceptors (Lipinski definition) is 4. The fraction of sp³-hybridized carbons (Fsp3) is 0.370. The van der Waals surface area contributed by atoms with Gasteiger partial charge in [0.25, 0.3) is 0 Å². The molecule has 0 unspecified atom stereocenters. The summed E-state index contributed by atoms with van der Waals surface area (Å²) in [5.41, 5.74) is 5.17. The Morgan fingerprint density at radius 1 is 0.970 bits per heavy atom. The van der Waals surface area contributed by atoms with Gasteiger partial charge in [0.05, 0.1) is 6.42 Å². The summed E-state index contributed by atoms with van der Waals surface area (Å²) in [5.74, 6) is 1.08. The van der Waals surface area contributed by atoms with Crippen molar-refractivity contribution in [3.8, 4) is 11.5 Å². The first kappa shape index (κ1) is 24.2. The van der Waals surface area contributed by atoms with Crippen molar-refractivity contribution in [1.82, 2.24) is 15.5 Å². The van der Waals surface area contributed by atoms with Gasteiger partial charge in [0.2, 0.25) is 11.8 Å². The van der Waals surface area contributed by atoms with Gasteiger partial charge in [-0.25, -0.2) is 4.79 Å². The van der Waals surface area contributed by atoms with Crippen molar-refractivity contribution in [2.24, 2.45) is 0 Å². The van der Waals surface area contributed by atoms with Crippen LogP contribution in [0, 0.1) is 0 Å². The molecule has 6 nitrogen and oxygen atoms in total. The smallest absolute Gasteiger partial charge is 0.319 e. The lowest BCUT2D eigenvalue weighted by Crippen LogP contribution is -2.28. The molecule has 0 atom stereocenters. The summed E-state index contributed by atoms with van der Waals surface area (Å²) in [6.45, 7) is 17.2. The van der Waals surface area contributed by atoms with E-state index in [9.17, 15) is 4.79 Å². The molecule has 174 valence electrons. The van der Waals surface area contributed by atoms with E-state index in [1.165, 1.54) is 11.1 Å². The molecule has 2 aromatic carbocycles. The molecule has 3 rings (SSSR count). The Morgan fingerprint density at radius 2 is 1.58 bits per heavy atom. The fourth-order valence-corrected chi connectivity index (χ4v) is 3.28. The minimum atomic E-state index is -0.267. The SMILES string of the molecule is C=CCNC(=O)Nc1ccc(Cc2nnc(-c3cc(C(C)(C)C)cc(C(C)(C)C)c3)o2)cc1. The maximum Gasteiger partial charge on any atom is 0.319 e. The summed E-state index contributed by atoms with van der Waals surface area (Å²) < 4.78 is 6.04. The van der Waals surface area contributed by atoms with E-state index in [2.05, 4.69) is 87.2 Å². The molecule has 33 heavy (non-hydrogen) atoms. The Balaban J connectivity index is 1.77. The molecule has 0 aliphatic heterocycles. The van der Waals surface area contributed by atoms with Gasteiger partial charge in [0.15, 0.2) is 0 Å². The van der Waals surface area contributed by atoms with Crippen molar-refractivity contribution in [3.63, 3.8) is 0 Å². The van der Waals surface area contributed by atoms with E-state index in [0.717, 1.165) is 11.1 Å². The zero-order chi connectivity index (χ0) is 24.2. The van der Waals surface area contributed by atoms with Crippen LogP contribution in [0.15, 0.2) is 59.5 Å². The Labute approximate surface area is 196 Å². The maximum absolute atomic E-state index is 11.8. The summed E-state index contributed by atoms with van der Waals surface area (Å²) >= 11 is 0. The average molecular weight is 447 g/mol. The van der Waals surface area contributed by atoms with Gasteiger partial charge in [0, 0.05) is 17.8 Å². The van der Waals surface area contributed by atoms with Crippen molar-refractivity contribution in [2.45, 2.75) is 58.8 Å². The van der Waals surface area contributed by atoms with Crippen molar-refractivity contribution in [2.75, 3.05) is 11.9 Å². The molecular weight excluding hydrogens is 412 g/mol. The Bertz CT molecular complexity index is 1080. The van der Waals surface area contributed by atoms with Crippen LogP contribution in [-0.2, 0) is 17.3 Å². The molecule has 2 amide bonds. The standard InChI is InChI=1S/C27H34N4O2/c1-8-13-28-25(32)29-22-11-9-18(10-12-22)14-23-30-31-24(33-23)19-15-20(26(2,3)4)17-21(16-19)27(5,6)7/h8-12,15-17H,1,13-14H2,2-7H3,(H2,28,29,32). The topological polar surface area (TPSA) is 80.0 Å². The predicted octanol–water partition coefficient (Wildman–Crippen LogP) is 6.23. The highest BCUT2D eigenvalue weighted by molar-refractivity contribution is 5.89. The first-order chi connectivity index (χ1) is 15.5. The number of amides is 2. The Kier molecular flexibility index (Phi) is 7.06. The van der Waals surface area contributed by atoms with Crippen LogP contribution in [0.2, 0.25) is 0 Å². The molecule has 0 saturated heterocycles. The summed E-state index contributed by atoms with van der Waals surface area (Å²) in [4.78, 5) is 11.8. The number of urea groups is 1. The second-order valence-electron chi connectivity index (χ2n) is 10.3. The highest BCUT2D eigenvalue weighted by Crippen LogP contribution is 2.33. The zero-order valence-corrected chi connectivity index (χ0v) is 20.5. The lowest BCUT2D eigenvalue weighted by Gasteiger charge is -2.25. The van der Waals surface area contributed by atoms with Crippen LogP contribution < -0.4 is 10.6 Å². The number of carbonyl (C=O) groups is 1. The molecule has 3 aromatic rings. The number of rotatable bonds is 6. The fourth-order valence-electron chi connectivity index (χ4n) is 3.28. The number of aromatic nitrogens is 2. The van der Waals surface area contributed by atoms with Crippen LogP contribution in [0.1, 0.15) is 64.1 Å². The second-order valence-corrected chi connectivity index (χ2v) is 10.3. The van der Waals surface area contributed by atoms with Crippen molar-refractivity contribution < 1.29 is 9.21 Å². The maximum atomic E-state index is 11.8. The highest BCUT2D eigenvalue weighted by Gasteiger charge is 2.22. The molecule has 0 radical (unpaired) electrons. The quantitative estimate of drug-likeness (QED) is 0.440. The van der Waals surface area contributed by atoms with Gasteiger partial charge in [-0.2, -0.15) is 0 Å². The third-order valence-corrected chi connectivity index (χ3v) is 5.35. The largest absolute Gasteiger partial charge is 0.420 e. The Morgan fingerprint density at radius 3 is 2.12 bits per heavy atom. The molecule has 0 bridgehead atoms. The van der Waals surface area contributed by atoms with Crippen LogP contribution in [0.25, 0.3) is 11.5 Å². The Hall–Kier alpha value is -3.41. The summed E-state index contributed by atoms with van der Waals surface area (Å²) in [6.07, 6.45) is 2.14. The van der Waals surface area contributed by atoms with E-state index in [1.807, 2.05) is 24.3 Å². The van der Waals surface area contributed by atoms with Crippen LogP contribution in [-0.4, -0.2) is 22.8 Å². The first-order valence-electron chi connectivity index (χ1n) is 11.2. The molecule has 2 N–H and O–H groups in total. The number of hydrogen-bond donors (Lipinski definition) is 2.